The third kappa shape index (κ3) is 2.95. The van der Waals surface area contributed by atoms with Gasteiger partial charge in [-0.2, -0.15) is 0 Å². The Balaban J connectivity index is 2.12. The van der Waals surface area contributed by atoms with Crippen LogP contribution in [0.25, 0.3) is 0 Å². The summed E-state index contributed by atoms with van der Waals surface area (Å²) in [6, 6.07) is 2.99. The van der Waals surface area contributed by atoms with E-state index < -0.39 is 23.8 Å². The summed E-state index contributed by atoms with van der Waals surface area (Å²) in [4.78, 5) is 29.3. The number of aliphatic carboxylic acids is 1. The van der Waals surface area contributed by atoms with Crippen LogP contribution in [0, 0.1) is 5.92 Å². The van der Waals surface area contributed by atoms with Crippen molar-refractivity contribution >= 4 is 17.9 Å². The van der Waals surface area contributed by atoms with Gasteiger partial charge in [0.05, 0.1) is 0 Å². The van der Waals surface area contributed by atoms with E-state index in [1.807, 2.05) is 0 Å². The number of carbonyl (C=O) groups excluding carboxylic acids is 1. The Hall–Kier alpha value is -3.23. The maximum atomic E-state index is 12.2. The maximum absolute atomic E-state index is 12.2. The van der Waals surface area contributed by atoms with E-state index in [9.17, 15) is 24.9 Å². The van der Waals surface area contributed by atoms with E-state index in [1.54, 1.807) is 0 Å². The summed E-state index contributed by atoms with van der Waals surface area (Å²) >= 11 is 0. The summed E-state index contributed by atoms with van der Waals surface area (Å²) in [7, 11) is 0. The van der Waals surface area contributed by atoms with Crippen LogP contribution in [0.15, 0.2) is 41.5 Å². The zero-order chi connectivity index (χ0) is 18.2. The highest BCUT2D eigenvalue weighted by Gasteiger charge is 2.55. The van der Waals surface area contributed by atoms with E-state index in [4.69, 9.17) is 5.73 Å². The molecule has 2 unspecified atom stereocenters. The number of carboxylic acids is 1. The highest BCUT2D eigenvalue weighted by Crippen LogP contribution is 2.46. The summed E-state index contributed by atoms with van der Waals surface area (Å²) in [5.41, 5.74) is 5.77. The molecule has 2 aliphatic rings. The number of amides is 2. The lowest BCUT2D eigenvalue weighted by Gasteiger charge is -2.44. The number of benzene rings is 1. The van der Waals surface area contributed by atoms with Crippen molar-refractivity contribution in [1.82, 2.24) is 10.2 Å². The molecule has 6 N–H and O–H groups in total. The predicted octanol–water partition coefficient (Wildman–Crippen LogP) is 1.04. The standard InChI is InChI=1S/C16H18N4O5/c17-15(25)20(13(14(23)24)9-1-5-11(21)6-2-9)16(10-3-4-10)18-8-7-12(22)19-16/h1-2,5-8,10,13,18,21H,3-4H2,(H2,17,25)(H,19,22)(H,23,24). The molecule has 0 radical (unpaired) electrons. The van der Waals surface area contributed by atoms with Crippen LogP contribution in [-0.2, 0) is 4.79 Å². The molecule has 132 valence electrons. The molecule has 2 amide bonds. The summed E-state index contributed by atoms with van der Waals surface area (Å²) < 4.78 is 0. The van der Waals surface area contributed by atoms with Gasteiger partial charge in [-0.25, -0.2) is 14.6 Å². The van der Waals surface area contributed by atoms with Crippen LogP contribution in [0.5, 0.6) is 5.75 Å². The number of phenols is 1. The molecule has 9 nitrogen and oxygen atoms in total. The third-order valence-electron chi connectivity index (χ3n) is 4.27. The maximum Gasteiger partial charge on any atom is 0.331 e. The Labute approximate surface area is 143 Å². The van der Waals surface area contributed by atoms with Gasteiger partial charge in [0, 0.05) is 18.2 Å². The van der Waals surface area contributed by atoms with Gasteiger partial charge in [-0.05, 0) is 30.5 Å². The first-order valence-electron chi connectivity index (χ1n) is 7.68. The Morgan fingerprint density at radius 2 is 1.92 bits per heavy atom. The molecule has 25 heavy (non-hydrogen) atoms. The first-order valence-corrected chi connectivity index (χ1v) is 7.68. The molecule has 1 heterocycles. The molecule has 1 aromatic carbocycles. The van der Waals surface area contributed by atoms with Crippen molar-refractivity contribution in [2.24, 2.45) is 16.6 Å². The SMILES string of the molecule is NC(=O)N(C(C(=O)O)c1ccc(O)cc1)C1(C2CC2)N=C(O)C=CN1. The number of nitrogens with zero attached hydrogens (tertiary/aromatic N) is 2. The van der Waals surface area contributed by atoms with Crippen molar-refractivity contribution in [1.29, 1.82) is 0 Å². The number of hydrogen-bond donors (Lipinski definition) is 5. The number of nitrogens with two attached hydrogens (primary N) is 1. The van der Waals surface area contributed by atoms with Gasteiger partial charge in [0.25, 0.3) is 0 Å². The average molecular weight is 346 g/mol. The van der Waals surface area contributed by atoms with Crippen LogP contribution in [0.3, 0.4) is 0 Å². The van der Waals surface area contributed by atoms with Crippen LogP contribution in [0.1, 0.15) is 24.4 Å². The molecule has 3 rings (SSSR count). The van der Waals surface area contributed by atoms with Crippen molar-refractivity contribution in [3.8, 4) is 5.75 Å². The number of carboxylic acid groups (broad SMARTS) is 1. The smallest absolute Gasteiger partial charge is 0.331 e. The molecule has 0 spiro atoms. The number of carbonyl (C=O) groups is 2. The van der Waals surface area contributed by atoms with E-state index in [1.165, 1.54) is 36.5 Å². The van der Waals surface area contributed by atoms with Crippen molar-refractivity contribution in [2.45, 2.75) is 24.7 Å². The number of hydrogen-bond acceptors (Lipinski definition) is 5. The van der Waals surface area contributed by atoms with Crippen LogP contribution >= 0.6 is 0 Å². The van der Waals surface area contributed by atoms with Gasteiger partial charge in [0.1, 0.15) is 5.75 Å². The average Bonchev–Trinajstić information content (AvgIpc) is 3.38. The molecular formula is C16H18N4O5. The molecule has 1 aromatic rings. The summed E-state index contributed by atoms with van der Waals surface area (Å²) in [5.74, 6) is -3.34. The molecule has 2 atom stereocenters. The van der Waals surface area contributed by atoms with Crippen molar-refractivity contribution in [3.63, 3.8) is 0 Å². The van der Waals surface area contributed by atoms with Crippen LogP contribution in [0.4, 0.5) is 4.79 Å². The second-order valence-electron chi connectivity index (χ2n) is 5.99. The molecule has 1 saturated carbocycles. The van der Waals surface area contributed by atoms with Crippen molar-refractivity contribution < 1.29 is 24.9 Å². The number of aromatic hydroxyl groups is 1. The number of urea groups is 1. The largest absolute Gasteiger partial charge is 0.508 e. The van der Waals surface area contributed by atoms with Crippen LogP contribution in [-0.4, -0.2) is 43.9 Å². The number of rotatable bonds is 5. The molecular weight excluding hydrogens is 328 g/mol. The van der Waals surface area contributed by atoms with Gasteiger partial charge in [-0.1, -0.05) is 12.1 Å². The zero-order valence-electron chi connectivity index (χ0n) is 13.2. The lowest BCUT2D eigenvalue weighted by atomic mass is 10.0. The minimum Gasteiger partial charge on any atom is -0.508 e. The number of primary amides is 1. The minimum atomic E-state index is -1.48. The number of phenolic OH excluding ortho intramolecular Hbond substituents is 1. The van der Waals surface area contributed by atoms with E-state index in [0.29, 0.717) is 12.8 Å². The quantitative estimate of drug-likeness (QED) is 0.538. The molecule has 0 bridgehead atoms. The lowest BCUT2D eigenvalue weighted by molar-refractivity contribution is -0.145. The minimum absolute atomic E-state index is 0.0372. The second-order valence-corrected chi connectivity index (χ2v) is 5.99. The van der Waals surface area contributed by atoms with Gasteiger partial charge in [-0.15, -0.1) is 0 Å². The lowest BCUT2D eigenvalue weighted by Crippen LogP contribution is -2.64. The van der Waals surface area contributed by atoms with Gasteiger partial charge in [0.15, 0.2) is 6.04 Å². The van der Waals surface area contributed by atoms with Gasteiger partial charge >= 0.3 is 12.0 Å². The van der Waals surface area contributed by atoms with Gasteiger partial charge < -0.3 is 26.4 Å². The topological polar surface area (TPSA) is 148 Å². The van der Waals surface area contributed by atoms with E-state index in [-0.39, 0.29) is 23.1 Å². The molecule has 0 aromatic heterocycles. The van der Waals surface area contributed by atoms with Gasteiger partial charge in [0.2, 0.25) is 11.7 Å². The summed E-state index contributed by atoms with van der Waals surface area (Å²) in [5, 5.41) is 31.9. The number of aliphatic imine (C=N–C) groups is 1. The first kappa shape index (κ1) is 16.6. The molecule has 9 heteroatoms. The first-order chi connectivity index (χ1) is 11.8. The molecule has 0 saturated heterocycles. The molecule has 1 aliphatic carbocycles. The highest BCUT2D eigenvalue weighted by molar-refractivity contribution is 5.88. The Kier molecular flexibility index (Phi) is 3.99. The van der Waals surface area contributed by atoms with Gasteiger partial charge in [-0.3, -0.25) is 4.90 Å². The fourth-order valence-electron chi connectivity index (χ4n) is 3.05. The predicted molar refractivity (Wildman–Crippen MR) is 87.7 cm³/mol. The van der Waals surface area contributed by atoms with Crippen LogP contribution < -0.4 is 11.1 Å². The Morgan fingerprint density at radius 1 is 1.28 bits per heavy atom. The van der Waals surface area contributed by atoms with E-state index >= 15 is 0 Å². The molecule has 1 aliphatic heterocycles. The fraction of sp³-hybridized carbons (Fsp3) is 0.312. The van der Waals surface area contributed by atoms with E-state index in [2.05, 4.69) is 10.3 Å². The number of aliphatic hydroxyl groups is 1. The molecule has 1 fully saturated rings. The van der Waals surface area contributed by atoms with E-state index in [0.717, 1.165) is 4.90 Å². The summed E-state index contributed by atoms with van der Waals surface area (Å²) in [6.45, 7) is 0. The van der Waals surface area contributed by atoms with Crippen LogP contribution in [0.2, 0.25) is 0 Å². The Bertz CT molecular complexity index is 756. The zero-order valence-corrected chi connectivity index (χ0v) is 13.2. The number of aliphatic hydroxyl groups excluding tert-OH is 1. The fourth-order valence-corrected chi connectivity index (χ4v) is 3.05. The monoisotopic (exact) mass is 346 g/mol. The normalized spacial score (nSPS) is 23.3. The second kappa shape index (κ2) is 6.00. The summed E-state index contributed by atoms with van der Waals surface area (Å²) in [6.07, 6.45) is 4.11. The van der Waals surface area contributed by atoms with Crippen molar-refractivity contribution in [3.05, 3.63) is 42.1 Å². The Morgan fingerprint density at radius 3 is 2.40 bits per heavy atom. The number of nitrogens with one attached hydrogen (secondary N) is 1. The third-order valence-corrected chi connectivity index (χ3v) is 4.27. The highest BCUT2D eigenvalue weighted by atomic mass is 16.4. The van der Waals surface area contributed by atoms with Crippen molar-refractivity contribution in [2.75, 3.05) is 0 Å².